The summed E-state index contributed by atoms with van der Waals surface area (Å²) in [7, 11) is 4.45. The average molecular weight is 264 g/mol. The predicted molar refractivity (Wildman–Crippen MR) is 71.2 cm³/mol. The number of hydrogen-bond acceptors (Lipinski definition) is 3. The van der Waals surface area contributed by atoms with Gasteiger partial charge in [0.2, 0.25) is 0 Å². The van der Waals surface area contributed by atoms with E-state index in [1.165, 1.54) is 47.0 Å². The van der Waals surface area contributed by atoms with E-state index in [1.54, 1.807) is 0 Å². The molecule has 0 aliphatic carbocycles. The quantitative estimate of drug-likeness (QED) is 0.395. The molecule has 110 valence electrons. The topological polar surface area (TPSA) is 27.7 Å². The van der Waals surface area contributed by atoms with Gasteiger partial charge in [-0.15, -0.1) is 0 Å². The van der Waals surface area contributed by atoms with Crippen molar-refractivity contribution < 1.29 is 18.6 Å². The molecule has 0 radical (unpaired) electrons. The number of ether oxygens (including phenoxy) is 3. The molecule has 0 aliphatic rings. The van der Waals surface area contributed by atoms with Crippen LogP contribution in [0, 0.1) is 5.92 Å². The van der Waals surface area contributed by atoms with Gasteiger partial charge in [-0.2, -0.15) is 0 Å². The molecule has 3 nitrogen and oxygen atoms in total. The Balaban J connectivity index is 4.01. The van der Waals surface area contributed by atoms with Gasteiger partial charge in [0.05, 0.1) is 12.6 Å². The van der Waals surface area contributed by atoms with Crippen LogP contribution in [0.4, 0.5) is 4.39 Å². The second-order valence-electron chi connectivity index (χ2n) is 4.62. The fourth-order valence-corrected chi connectivity index (χ4v) is 2.27. The van der Waals surface area contributed by atoms with Crippen molar-refractivity contribution in [1.29, 1.82) is 0 Å². The summed E-state index contributed by atoms with van der Waals surface area (Å²) in [5.41, 5.74) is 0. The van der Waals surface area contributed by atoms with E-state index in [0.29, 0.717) is 0 Å². The molecule has 0 amide bonds. The van der Waals surface area contributed by atoms with Gasteiger partial charge >= 0.3 is 0 Å². The van der Waals surface area contributed by atoms with E-state index in [-0.39, 0.29) is 5.92 Å². The zero-order valence-electron chi connectivity index (χ0n) is 12.3. The average Bonchev–Trinajstić information content (AvgIpc) is 2.42. The van der Waals surface area contributed by atoms with E-state index >= 15 is 0 Å². The molecule has 0 spiro atoms. The lowest BCUT2D eigenvalue weighted by atomic mass is 9.99. The Bertz CT molecular complexity index is 176. The minimum absolute atomic E-state index is 0.372. The molecule has 1 unspecified atom stereocenters. The van der Waals surface area contributed by atoms with Crippen LogP contribution >= 0.6 is 0 Å². The maximum Gasteiger partial charge on any atom is 0.287 e. The molecule has 0 aromatic rings. The second kappa shape index (κ2) is 10.7. The molecule has 0 rings (SSSR count). The Labute approximate surface area is 111 Å². The summed E-state index contributed by atoms with van der Waals surface area (Å²) in [6.45, 7) is 1.70. The SMILES string of the molecule is CCCCCCCCC(CF)C(OC)(OC)OC. The van der Waals surface area contributed by atoms with Crippen molar-refractivity contribution in [1.82, 2.24) is 0 Å². The Kier molecular flexibility index (Phi) is 10.6. The van der Waals surface area contributed by atoms with E-state index in [4.69, 9.17) is 14.2 Å². The molecule has 18 heavy (non-hydrogen) atoms. The van der Waals surface area contributed by atoms with Gasteiger partial charge in [-0.25, -0.2) is 0 Å². The third-order valence-corrected chi connectivity index (χ3v) is 3.45. The van der Waals surface area contributed by atoms with Crippen LogP contribution in [0.2, 0.25) is 0 Å². The highest BCUT2D eigenvalue weighted by Gasteiger charge is 2.39. The Morgan fingerprint density at radius 2 is 1.39 bits per heavy atom. The molecule has 0 aromatic carbocycles. The number of unbranched alkanes of at least 4 members (excludes halogenated alkanes) is 5. The first-order valence-corrected chi connectivity index (χ1v) is 6.92. The van der Waals surface area contributed by atoms with Gasteiger partial charge in [0.1, 0.15) is 0 Å². The molecule has 0 fully saturated rings. The van der Waals surface area contributed by atoms with E-state index in [9.17, 15) is 4.39 Å². The monoisotopic (exact) mass is 264 g/mol. The van der Waals surface area contributed by atoms with E-state index in [2.05, 4.69) is 6.92 Å². The van der Waals surface area contributed by atoms with Crippen molar-refractivity contribution in [3.63, 3.8) is 0 Å². The lowest BCUT2D eigenvalue weighted by molar-refractivity contribution is -0.380. The summed E-state index contributed by atoms with van der Waals surface area (Å²) < 4.78 is 28.7. The molecule has 0 aromatic heterocycles. The fraction of sp³-hybridized carbons (Fsp3) is 1.00. The van der Waals surface area contributed by atoms with Crippen LogP contribution in [0.5, 0.6) is 0 Å². The molecular weight excluding hydrogens is 235 g/mol. The summed E-state index contributed by atoms with van der Waals surface area (Å²) in [5, 5.41) is 0. The van der Waals surface area contributed by atoms with Crippen LogP contribution in [-0.2, 0) is 14.2 Å². The molecule has 1 atom stereocenters. The highest BCUT2D eigenvalue weighted by Crippen LogP contribution is 2.29. The summed E-state index contributed by atoms with van der Waals surface area (Å²) >= 11 is 0. The molecule has 0 heterocycles. The molecule has 4 heteroatoms. The maximum absolute atomic E-state index is 13.1. The zero-order chi connectivity index (χ0) is 13.9. The first-order chi connectivity index (χ1) is 8.70. The molecule has 0 saturated heterocycles. The molecule has 0 aliphatic heterocycles. The van der Waals surface area contributed by atoms with Crippen LogP contribution in [0.1, 0.15) is 51.9 Å². The first-order valence-electron chi connectivity index (χ1n) is 6.92. The first kappa shape index (κ1) is 17.8. The summed E-state index contributed by atoms with van der Waals surface area (Å²) in [5.74, 6) is -1.61. The standard InChI is InChI=1S/C14H29FO3/c1-5-6-7-8-9-10-11-13(12-15)14(16-2,17-3)18-4/h13H,5-12H2,1-4H3. The smallest absolute Gasteiger partial charge is 0.287 e. The van der Waals surface area contributed by atoms with Gasteiger partial charge in [-0.1, -0.05) is 45.4 Å². The molecule has 0 saturated carbocycles. The van der Waals surface area contributed by atoms with E-state index in [0.717, 1.165) is 19.3 Å². The maximum atomic E-state index is 13.1. The second-order valence-corrected chi connectivity index (χ2v) is 4.62. The number of hydrogen-bond donors (Lipinski definition) is 0. The van der Waals surface area contributed by atoms with Crippen molar-refractivity contribution in [3.05, 3.63) is 0 Å². The Morgan fingerprint density at radius 3 is 1.83 bits per heavy atom. The van der Waals surface area contributed by atoms with Crippen molar-refractivity contribution in [3.8, 4) is 0 Å². The zero-order valence-corrected chi connectivity index (χ0v) is 12.3. The number of halogens is 1. The Morgan fingerprint density at radius 1 is 0.889 bits per heavy atom. The van der Waals surface area contributed by atoms with Crippen LogP contribution < -0.4 is 0 Å². The highest BCUT2D eigenvalue weighted by molar-refractivity contribution is 4.70. The third kappa shape index (κ3) is 5.63. The molecule has 0 bridgehead atoms. The van der Waals surface area contributed by atoms with Crippen LogP contribution in [-0.4, -0.2) is 34.0 Å². The van der Waals surface area contributed by atoms with Gasteiger partial charge in [-0.3, -0.25) is 4.39 Å². The largest absolute Gasteiger partial charge is 0.331 e. The van der Waals surface area contributed by atoms with Gasteiger partial charge in [-0.05, 0) is 6.42 Å². The predicted octanol–water partition coefficient (Wildman–Crippen LogP) is 3.92. The third-order valence-electron chi connectivity index (χ3n) is 3.45. The van der Waals surface area contributed by atoms with Crippen LogP contribution in [0.25, 0.3) is 0 Å². The number of rotatable bonds is 12. The fourth-order valence-electron chi connectivity index (χ4n) is 2.27. The van der Waals surface area contributed by atoms with Gasteiger partial charge < -0.3 is 14.2 Å². The lowest BCUT2D eigenvalue weighted by Gasteiger charge is -2.34. The van der Waals surface area contributed by atoms with E-state index in [1.807, 2.05) is 0 Å². The van der Waals surface area contributed by atoms with Crippen LogP contribution in [0.3, 0.4) is 0 Å². The van der Waals surface area contributed by atoms with Crippen molar-refractivity contribution in [2.24, 2.45) is 5.92 Å². The normalized spacial score (nSPS) is 13.8. The van der Waals surface area contributed by atoms with Crippen molar-refractivity contribution in [2.45, 2.75) is 57.8 Å². The van der Waals surface area contributed by atoms with Crippen molar-refractivity contribution in [2.75, 3.05) is 28.0 Å². The van der Waals surface area contributed by atoms with Crippen LogP contribution in [0.15, 0.2) is 0 Å². The van der Waals surface area contributed by atoms with Gasteiger partial charge in [0.25, 0.3) is 5.97 Å². The number of methoxy groups -OCH3 is 3. The minimum Gasteiger partial charge on any atom is -0.331 e. The Hall–Kier alpha value is -0.190. The molecular formula is C14H29FO3. The highest BCUT2D eigenvalue weighted by atomic mass is 19.1. The minimum atomic E-state index is -1.24. The van der Waals surface area contributed by atoms with Gasteiger partial charge in [0, 0.05) is 21.3 Å². The summed E-state index contributed by atoms with van der Waals surface area (Å²) in [6.07, 6.45) is 7.84. The van der Waals surface area contributed by atoms with E-state index < -0.39 is 12.6 Å². The van der Waals surface area contributed by atoms with Crippen molar-refractivity contribution >= 4 is 0 Å². The summed E-state index contributed by atoms with van der Waals surface area (Å²) in [6, 6.07) is 0. The lowest BCUT2D eigenvalue weighted by Crippen LogP contribution is -2.45. The summed E-state index contributed by atoms with van der Waals surface area (Å²) in [4.78, 5) is 0. The van der Waals surface area contributed by atoms with Gasteiger partial charge in [0.15, 0.2) is 0 Å². The molecule has 0 N–H and O–H groups in total. The number of alkyl halides is 1.